The van der Waals surface area contributed by atoms with Gasteiger partial charge in [-0.1, -0.05) is 30.3 Å². The van der Waals surface area contributed by atoms with Crippen molar-refractivity contribution in [2.24, 2.45) is 0 Å². The first-order chi connectivity index (χ1) is 13.6. The van der Waals surface area contributed by atoms with Gasteiger partial charge in [-0.3, -0.25) is 14.1 Å². The minimum Gasteiger partial charge on any atom is -0.476 e. The van der Waals surface area contributed by atoms with Crippen LogP contribution in [0.15, 0.2) is 84.0 Å². The molecule has 2 aromatic carbocycles. The number of hydrogen-bond donors (Lipinski definition) is 1. The molecule has 4 rings (SSSR count). The first-order valence-corrected chi connectivity index (χ1v) is 10.0. The zero-order valence-electron chi connectivity index (χ0n) is 14.7. The van der Waals surface area contributed by atoms with Crippen LogP contribution in [0.1, 0.15) is 0 Å². The summed E-state index contributed by atoms with van der Waals surface area (Å²) >= 11 is 0. The number of fused-ring (bicyclic) bond motifs is 1. The number of benzene rings is 2. The smallest absolute Gasteiger partial charge is 0.267 e. The Hall–Kier alpha value is -3.39. The normalized spacial score (nSPS) is 16.0. The molecule has 7 nitrogen and oxygen atoms in total. The number of sulfonamides is 1. The highest BCUT2D eigenvalue weighted by atomic mass is 32.2. The molecule has 142 valence electrons. The third-order valence-corrected chi connectivity index (χ3v) is 6.08. The van der Waals surface area contributed by atoms with Crippen molar-refractivity contribution in [1.29, 1.82) is 0 Å². The van der Waals surface area contributed by atoms with E-state index in [1.807, 2.05) is 0 Å². The molecule has 8 heteroatoms. The van der Waals surface area contributed by atoms with E-state index in [-0.39, 0.29) is 11.4 Å². The van der Waals surface area contributed by atoms with Crippen molar-refractivity contribution < 1.29 is 17.9 Å². The van der Waals surface area contributed by atoms with Crippen LogP contribution in [0.2, 0.25) is 0 Å². The van der Waals surface area contributed by atoms with Crippen molar-refractivity contribution in [1.82, 2.24) is 4.98 Å². The van der Waals surface area contributed by atoms with E-state index in [1.54, 1.807) is 60.8 Å². The summed E-state index contributed by atoms with van der Waals surface area (Å²) in [6, 6.07) is 18.3. The summed E-state index contributed by atoms with van der Waals surface area (Å²) in [6.07, 6.45) is 2.10. The van der Waals surface area contributed by atoms with Gasteiger partial charge in [0.15, 0.2) is 6.10 Å². The third-order valence-electron chi connectivity index (χ3n) is 4.29. The molecule has 1 atom stereocenters. The number of nitrogens with zero attached hydrogens (tertiary/aromatic N) is 2. The molecule has 0 bridgehead atoms. The van der Waals surface area contributed by atoms with Crippen molar-refractivity contribution in [3.05, 3.63) is 79.1 Å². The number of anilines is 2. The Balaban J connectivity index is 1.68. The molecule has 2 heterocycles. The van der Waals surface area contributed by atoms with Crippen LogP contribution >= 0.6 is 0 Å². The molecular weight excluding hydrogens is 378 g/mol. The number of nitrogens with one attached hydrogen (secondary N) is 1. The van der Waals surface area contributed by atoms with Gasteiger partial charge in [-0.05, 0) is 36.4 Å². The Morgan fingerprint density at radius 1 is 1.04 bits per heavy atom. The maximum absolute atomic E-state index is 13.2. The molecule has 1 aliphatic heterocycles. The summed E-state index contributed by atoms with van der Waals surface area (Å²) in [7, 11) is -3.85. The lowest BCUT2D eigenvalue weighted by Crippen LogP contribution is -2.48. The monoisotopic (exact) mass is 395 g/mol. The average molecular weight is 395 g/mol. The molecule has 1 aliphatic rings. The summed E-state index contributed by atoms with van der Waals surface area (Å²) in [4.78, 5) is 16.8. The number of para-hydroxylation sites is 2. The fourth-order valence-electron chi connectivity index (χ4n) is 2.95. The van der Waals surface area contributed by atoms with Gasteiger partial charge in [-0.15, -0.1) is 0 Å². The number of carbonyl (C=O) groups excluding carboxylic acids is 1. The molecular formula is C20H17N3O4S. The van der Waals surface area contributed by atoms with Gasteiger partial charge in [-0.25, -0.2) is 8.42 Å². The lowest BCUT2D eigenvalue weighted by molar-refractivity contribution is -0.122. The van der Waals surface area contributed by atoms with E-state index in [2.05, 4.69) is 10.3 Å². The van der Waals surface area contributed by atoms with Crippen LogP contribution in [0.5, 0.6) is 5.75 Å². The second kappa shape index (κ2) is 7.32. The van der Waals surface area contributed by atoms with Crippen LogP contribution in [-0.2, 0) is 14.8 Å². The van der Waals surface area contributed by atoms with E-state index in [9.17, 15) is 13.2 Å². The average Bonchev–Trinajstić information content (AvgIpc) is 2.74. The topological polar surface area (TPSA) is 88.6 Å². The van der Waals surface area contributed by atoms with Crippen molar-refractivity contribution in [3.63, 3.8) is 0 Å². The van der Waals surface area contributed by atoms with E-state index in [0.29, 0.717) is 17.1 Å². The Morgan fingerprint density at radius 2 is 1.79 bits per heavy atom. The second-order valence-corrected chi connectivity index (χ2v) is 8.02. The van der Waals surface area contributed by atoms with Crippen LogP contribution in [0.4, 0.5) is 11.4 Å². The molecule has 0 spiro atoms. The fraction of sp³-hybridized carbons (Fsp3) is 0.100. The molecule has 1 aromatic heterocycles. The second-order valence-electron chi connectivity index (χ2n) is 6.15. The van der Waals surface area contributed by atoms with Crippen molar-refractivity contribution >= 4 is 27.3 Å². The number of aromatic nitrogens is 1. The van der Waals surface area contributed by atoms with Crippen LogP contribution in [0.3, 0.4) is 0 Å². The van der Waals surface area contributed by atoms with Gasteiger partial charge >= 0.3 is 0 Å². The van der Waals surface area contributed by atoms with Gasteiger partial charge in [-0.2, -0.15) is 0 Å². The van der Waals surface area contributed by atoms with E-state index >= 15 is 0 Å². The standard InChI is InChI=1S/C20H17N3O4S/c24-20(22-15-7-6-12-21-13-15)19-14-23(17-10-4-5-11-18(17)27-19)28(25,26)16-8-2-1-3-9-16/h1-13,19H,14H2,(H,22,24). The highest BCUT2D eigenvalue weighted by Crippen LogP contribution is 2.36. The molecule has 0 fully saturated rings. The van der Waals surface area contributed by atoms with Gasteiger partial charge in [0.1, 0.15) is 5.75 Å². The zero-order valence-corrected chi connectivity index (χ0v) is 15.5. The number of amides is 1. The van der Waals surface area contributed by atoms with Crippen LogP contribution < -0.4 is 14.4 Å². The van der Waals surface area contributed by atoms with E-state index < -0.39 is 22.0 Å². The molecule has 1 N–H and O–H groups in total. The van der Waals surface area contributed by atoms with Gasteiger partial charge in [0.05, 0.1) is 29.0 Å². The Labute approximate surface area is 162 Å². The number of pyridine rings is 1. The fourth-order valence-corrected chi connectivity index (χ4v) is 4.44. The van der Waals surface area contributed by atoms with Crippen LogP contribution in [-0.4, -0.2) is 32.0 Å². The predicted molar refractivity (Wildman–Crippen MR) is 105 cm³/mol. The summed E-state index contributed by atoms with van der Waals surface area (Å²) in [5, 5.41) is 2.71. The van der Waals surface area contributed by atoms with Crippen molar-refractivity contribution in [3.8, 4) is 5.75 Å². The molecule has 0 saturated carbocycles. The van der Waals surface area contributed by atoms with Gasteiger partial charge < -0.3 is 10.1 Å². The van der Waals surface area contributed by atoms with E-state index in [4.69, 9.17) is 4.74 Å². The summed E-state index contributed by atoms with van der Waals surface area (Å²) < 4.78 is 33.4. The third kappa shape index (κ3) is 3.41. The maximum Gasteiger partial charge on any atom is 0.267 e. The van der Waals surface area contributed by atoms with Crippen LogP contribution in [0, 0.1) is 0 Å². The summed E-state index contributed by atoms with van der Waals surface area (Å²) in [5.41, 5.74) is 0.907. The summed E-state index contributed by atoms with van der Waals surface area (Å²) in [6.45, 7) is -0.139. The molecule has 3 aromatic rings. The number of rotatable bonds is 4. The Kier molecular flexibility index (Phi) is 4.70. The number of carbonyl (C=O) groups is 1. The van der Waals surface area contributed by atoms with Gasteiger partial charge in [0.2, 0.25) is 0 Å². The highest BCUT2D eigenvalue weighted by molar-refractivity contribution is 7.92. The molecule has 1 unspecified atom stereocenters. The van der Waals surface area contributed by atoms with E-state index in [0.717, 1.165) is 0 Å². The predicted octanol–water partition coefficient (Wildman–Crippen LogP) is 2.68. The molecule has 28 heavy (non-hydrogen) atoms. The Morgan fingerprint density at radius 3 is 2.54 bits per heavy atom. The quantitative estimate of drug-likeness (QED) is 0.734. The minimum absolute atomic E-state index is 0.139. The van der Waals surface area contributed by atoms with Gasteiger partial charge in [0, 0.05) is 6.20 Å². The van der Waals surface area contributed by atoms with Gasteiger partial charge in [0.25, 0.3) is 15.9 Å². The maximum atomic E-state index is 13.2. The van der Waals surface area contributed by atoms with Crippen LogP contribution in [0.25, 0.3) is 0 Å². The molecule has 0 radical (unpaired) electrons. The van der Waals surface area contributed by atoms with E-state index in [1.165, 1.54) is 22.6 Å². The lowest BCUT2D eigenvalue weighted by atomic mass is 10.2. The largest absolute Gasteiger partial charge is 0.476 e. The number of hydrogen-bond acceptors (Lipinski definition) is 5. The zero-order chi connectivity index (χ0) is 19.6. The Bertz CT molecular complexity index is 1090. The molecule has 0 saturated heterocycles. The number of ether oxygens (including phenoxy) is 1. The molecule has 1 amide bonds. The lowest BCUT2D eigenvalue weighted by Gasteiger charge is -2.34. The summed E-state index contributed by atoms with van der Waals surface area (Å²) in [5.74, 6) is -0.115. The first kappa shape index (κ1) is 18.0. The minimum atomic E-state index is -3.85. The van der Waals surface area contributed by atoms with Crippen molar-refractivity contribution in [2.75, 3.05) is 16.2 Å². The molecule has 0 aliphatic carbocycles. The highest BCUT2D eigenvalue weighted by Gasteiger charge is 2.37. The first-order valence-electron chi connectivity index (χ1n) is 8.60. The SMILES string of the molecule is O=C(Nc1cccnc1)C1CN(S(=O)(=O)c2ccccc2)c2ccccc2O1. The van der Waals surface area contributed by atoms with Crippen molar-refractivity contribution in [2.45, 2.75) is 11.0 Å².